The highest BCUT2D eigenvalue weighted by atomic mass is 35.5. The smallest absolute Gasteiger partial charge is 0.475 e. The number of benzene rings is 2. The van der Waals surface area contributed by atoms with Gasteiger partial charge in [-0.2, -0.15) is 13.2 Å². The number of likely N-dealkylation sites (tertiary alicyclic amines) is 1. The molecule has 0 spiro atoms. The fourth-order valence-electron chi connectivity index (χ4n) is 6.08. The third kappa shape index (κ3) is 8.45. The molecule has 3 aromatic rings. The number of aliphatic carboxylic acids is 1. The second-order valence-corrected chi connectivity index (χ2v) is 14.3. The number of halogens is 4. The normalized spacial score (nSPS) is 22.2. The molecular weight excluding hydrogens is 647 g/mol. The highest BCUT2D eigenvalue weighted by molar-refractivity contribution is 7.91. The van der Waals surface area contributed by atoms with E-state index in [4.69, 9.17) is 21.5 Å². The van der Waals surface area contributed by atoms with Crippen molar-refractivity contribution >= 4 is 50.0 Å². The molecule has 1 aliphatic carbocycles. The molecular formula is C31H37ClF3N5O5S. The number of carbonyl (C=O) groups is 2. The van der Waals surface area contributed by atoms with Crippen LogP contribution in [0.2, 0.25) is 5.02 Å². The topological polar surface area (TPSA) is 133 Å². The zero-order chi connectivity index (χ0) is 33.8. The molecule has 1 aliphatic heterocycles. The molecule has 46 heavy (non-hydrogen) atoms. The number of hydrogen-bond acceptors (Lipinski definition) is 8. The lowest BCUT2D eigenvalue weighted by Gasteiger charge is -2.44. The van der Waals surface area contributed by atoms with Crippen LogP contribution in [-0.2, 0) is 19.4 Å². The first-order valence-electron chi connectivity index (χ1n) is 14.9. The number of aromatic nitrogens is 2. The maximum absolute atomic E-state index is 13.8. The summed E-state index contributed by atoms with van der Waals surface area (Å²) < 4.78 is 58.6. The van der Waals surface area contributed by atoms with Gasteiger partial charge in [-0.1, -0.05) is 29.8 Å². The van der Waals surface area contributed by atoms with Gasteiger partial charge >= 0.3 is 12.1 Å². The number of amides is 1. The number of rotatable bonds is 8. The first-order chi connectivity index (χ1) is 21.6. The second kappa shape index (κ2) is 14.5. The zero-order valence-electron chi connectivity index (χ0n) is 25.6. The Hall–Kier alpha value is -3.49. The van der Waals surface area contributed by atoms with Gasteiger partial charge in [-0.05, 0) is 82.8 Å². The average molecular weight is 684 g/mol. The minimum atomic E-state index is -5.08. The van der Waals surface area contributed by atoms with Crippen LogP contribution < -0.4 is 5.32 Å². The third-order valence-corrected chi connectivity index (χ3v) is 10.7. The molecule has 10 nitrogen and oxygen atoms in total. The zero-order valence-corrected chi connectivity index (χ0v) is 27.2. The van der Waals surface area contributed by atoms with Crippen molar-refractivity contribution < 1.29 is 36.3 Å². The van der Waals surface area contributed by atoms with Crippen molar-refractivity contribution in [1.82, 2.24) is 19.8 Å². The van der Waals surface area contributed by atoms with Crippen LogP contribution in [0.4, 0.5) is 19.0 Å². The van der Waals surface area contributed by atoms with E-state index in [2.05, 4.69) is 41.1 Å². The van der Waals surface area contributed by atoms with Crippen LogP contribution in [0.15, 0.2) is 59.8 Å². The highest BCUT2D eigenvalue weighted by Gasteiger charge is 2.44. The van der Waals surface area contributed by atoms with E-state index in [9.17, 15) is 26.4 Å². The summed E-state index contributed by atoms with van der Waals surface area (Å²) in [5.74, 6) is -2.31. The summed E-state index contributed by atoms with van der Waals surface area (Å²) in [5, 5.41) is 11.8. The van der Waals surface area contributed by atoms with E-state index >= 15 is 0 Å². The molecule has 250 valence electrons. The molecule has 0 unspecified atom stereocenters. The van der Waals surface area contributed by atoms with Crippen molar-refractivity contribution in [3.05, 3.63) is 59.9 Å². The summed E-state index contributed by atoms with van der Waals surface area (Å²) >= 11 is 6.22. The quantitative estimate of drug-likeness (QED) is 0.325. The number of alkyl halides is 3. The Morgan fingerprint density at radius 1 is 1.13 bits per heavy atom. The van der Waals surface area contributed by atoms with Gasteiger partial charge in [-0.25, -0.2) is 23.2 Å². The molecule has 1 saturated heterocycles. The van der Waals surface area contributed by atoms with Gasteiger partial charge in [0.25, 0.3) is 0 Å². The number of fused-ring (bicyclic) bond motifs is 1. The Kier molecular flexibility index (Phi) is 11.2. The number of nitrogens with zero attached hydrogens (tertiary/aromatic N) is 4. The van der Waals surface area contributed by atoms with Gasteiger partial charge < -0.3 is 20.2 Å². The van der Waals surface area contributed by atoms with E-state index < -0.39 is 28.0 Å². The number of hydrogen-bond donors (Lipinski definition) is 2. The highest BCUT2D eigenvalue weighted by Crippen LogP contribution is 2.36. The lowest BCUT2D eigenvalue weighted by atomic mass is 9.81. The summed E-state index contributed by atoms with van der Waals surface area (Å²) in [6.07, 6.45) is -0.538. The number of carbonyl (C=O) groups excluding carboxylic acids is 1. The van der Waals surface area contributed by atoms with Crippen molar-refractivity contribution in [2.45, 2.75) is 74.8 Å². The first kappa shape index (κ1) is 35.4. The number of sulfone groups is 1. The van der Waals surface area contributed by atoms with Crippen molar-refractivity contribution in [2.75, 3.05) is 24.7 Å². The van der Waals surface area contributed by atoms with E-state index in [0.29, 0.717) is 34.7 Å². The maximum atomic E-state index is 13.8. The van der Waals surface area contributed by atoms with Crippen LogP contribution in [0.5, 0.6) is 0 Å². The van der Waals surface area contributed by atoms with E-state index in [-0.39, 0.29) is 29.7 Å². The van der Waals surface area contributed by atoms with Crippen LogP contribution in [0.3, 0.4) is 0 Å². The Labute approximate surface area is 270 Å². The summed E-state index contributed by atoms with van der Waals surface area (Å²) in [7, 11) is -1.39. The standard InChI is InChI=1S/C29H36ClN5O3S.C2HF3O2/c1-19(2)34(3)22-10-12-27(20(15-22)17-39(37,38)23-7-5-4-6-8-23)35-14-13-26(29(35)36)33-28-24-16-21(30)9-11-25(24)31-18-32-28;3-2(4,5)1(6)7/h4-9,11,16,18-20,22,26-27H,10,12-15,17H2,1-3H3,(H,31,32,33);(H,6,7)/t20-,22+,26-,27-;/m0./s1. The Morgan fingerprint density at radius 3 is 2.43 bits per heavy atom. The van der Waals surface area contributed by atoms with Crippen LogP contribution in [0, 0.1) is 5.92 Å². The number of anilines is 1. The summed E-state index contributed by atoms with van der Waals surface area (Å²) in [5.41, 5.74) is 0.748. The van der Waals surface area contributed by atoms with E-state index in [1.165, 1.54) is 6.33 Å². The predicted octanol–water partition coefficient (Wildman–Crippen LogP) is 5.28. The number of carboxylic acid groups (broad SMARTS) is 1. The molecule has 1 amide bonds. The van der Waals surface area contributed by atoms with Gasteiger partial charge in [0.15, 0.2) is 9.84 Å². The van der Waals surface area contributed by atoms with Crippen molar-refractivity contribution in [2.24, 2.45) is 5.92 Å². The summed E-state index contributed by atoms with van der Waals surface area (Å²) in [6.45, 7) is 4.90. The molecule has 2 heterocycles. The Balaban J connectivity index is 0.000000617. The minimum absolute atomic E-state index is 0.00781. The van der Waals surface area contributed by atoms with E-state index in [1.54, 1.807) is 36.4 Å². The molecule has 2 aliphatic rings. The van der Waals surface area contributed by atoms with Crippen molar-refractivity contribution in [3.63, 3.8) is 0 Å². The van der Waals surface area contributed by atoms with Crippen LogP contribution >= 0.6 is 11.6 Å². The molecule has 2 aromatic carbocycles. The fourth-order valence-corrected chi connectivity index (χ4v) is 7.94. The first-order valence-corrected chi connectivity index (χ1v) is 16.9. The van der Waals surface area contributed by atoms with Crippen molar-refractivity contribution in [1.29, 1.82) is 0 Å². The molecule has 5 rings (SSSR count). The molecule has 1 aromatic heterocycles. The maximum Gasteiger partial charge on any atom is 0.490 e. The van der Waals surface area contributed by atoms with Gasteiger partial charge in [0.2, 0.25) is 5.91 Å². The van der Waals surface area contributed by atoms with E-state index in [1.807, 2.05) is 17.0 Å². The molecule has 0 bridgehead atoms. The lowest BCUT2D eigenvalue weighted by molar-refractivity contribution is -0.192. The predicted molar refractivity (Wildman–Crippen MR) is 168 cm³/mol. The number of nitrogens with one attached hydrogen (secondary N) is 1. The van der Waals surface area contributed by atoms with E-state index in [0.717, 1.165) is 30.2 Å². The monoisotopic (exact) mass is 683 g/mol. The summed E-state index contributed by atoms with van der Waals surface area (Å²) in [4.78, 5) is 35.9. The molecule has 1 saturated carbocycles. The third-order valence-electron chi connectivity index (χ3n) is 8.63. The van der Waals surface area contributed by atoms with Crippen LogP contribution in [0.25, 0.3) is 10.9 Å². The largest absolute Gasteiger partial charge is 0.490 e. The Morgan fingerprint density at radius 2 is 1.80 bits per heavy atom. The van der Waals surface area contributed by atoms with Gasteiger partial charge in [0, 0.05) is 35.1 Å². The molecule has 4 atom stereocenters. The van der Waals surface area contributed by atoms with Crippen molar-refractivity contribution in [3.8, 4) is 0 Å². The lowest BCUT2D eigenvalue weighted by Crippen LogP contribution is -2.52. The van der Waals surface area contributed by atoms with Gasteiger partial charge in [-0.15, -0.1) is 0 Å². The fraction of sp³-hybridized carbons (Fsp3) is 0.484. The molecule has 2 fully saturated rings. The van der Waals surface area contributed by atoms with Gasteiger partial charge in [0.05, 0.1) is 16.2 Å². The molecule has 15 heteroatoms. The second-order valence-electron chi connectivity index (χ2n) is 11.9. The summed E-state index contributed by atoms with van der Waals surface area (Å²) in [6, 6.07) is 14.1. The number of carboxylic acids is 1. The molecule has 0 radical (unpaired) electrons. The van der Waals surface area contributed by atoms with Crippen LogP contribution in [0.1, 0.15) is 39.5 Å². The molecule has 2 N–H and O–H groups in total. The van der Waals surface area contributed by atoms with Gasteiger partial charge in [-0.3, -0.25) is 4.79 Å². The Bertz CT molecular complexity index is 1640. The van der Waals surface area contributed by atoms with Gasteiger partial charge in [0.1, 0.15) is 18.2 Å². The minimum Gasteiger partial charge on any atom is -0.475 e. The van der Waals surface area contributed by atoms with Crippen LogP contribution in [-0.4, -0.2) is 94.9 Å². The average Bonchev–Trinajstić information content (AvgIpc) is 3.36. The SMILES string of the molecule is CC(C)N(C)[C@@H]1CC[C@H](N2CC[C@H](Nc3ncnc4ccc(Cl)cc34)C2=O)[C@H](CS(=O)(=O)c2ccccc2)C1.O=C(O)C(F)(F)F.